The summed E-state index contributed by atoms with van der Waals surface area (Å²) in [6.45, 7) is 4.56. The Labute approximate surface area is 155 Å². The number of ether oxygens (including phenoxy) is 1. The van der Waals surface area contributed by atoms with Gasteiger partial charge in [0.1, 0.15) is 12.4 Å². The molecule has 0 fully saturated rings. The SMILES string of the molecule is Cc1ccccc1OCC(C)NC(=S)Nc1ccc(Br)c(Cl)c1. The van der Waals surface area contributed by atoms with Gasteiger partial charge in [-0.3, -0.25) is 0 Å². The topological polar surface area (TPSA) is 33.3 Å². The highest BCUT2D eigenvalue weighted by Gasteiger charge is 2.07. The number of hydrogen-bond acceptors (Lipinski definition) is 2. The standard InChI is InChI=1S/C17H18BrClN2OS/c1-11-5-3-4-6-16(11)22-10-12(2)20-17(23)21-13-7-8-14(18)15(19)9-13/h3-9,12H,10H2,1-2H3,(H2,20,21,23). The lowest BCUT2D eigenvalue weighted by molar-refractivity contribution is 0.285. The molecule has 2 aromatic carbocycles. The van der Waals surface area contributed by atoms with E-state index in [-0.39, 0.29) is 6.04 Å². The van der Waals surface area contributed by atoms with Gasteiger partial charge >= 0.3 is 0 Å². The van der Waals surface area contributed by atoms with E-state index in [1.165, 1.54) is 0 Å². The smallest absolute Gasteiger partial charge is 0.171 e. The van der Waals surface area contributed by atoms with Crippen LogP contribution in [0.15, 0.2) is 46.9 Å². The molecule has 0 aliphatic rings. The minimum Gasteiger partial charge on any atom is -0.491 e. The number of rotatable bonds is 5. The second kappa shape index (κ2) is 8.52. The number of para-hydroxylation sites is 1. The average molecular weight is 414 g/mol. The van der Waals surface area contributed by atoms with Gasteiger partial charge in [-0.25, -0.2) is 0 Å². The third-order valence-corrected chi connectivity index (χ3v) is 4.59. The van der Waals surface area contributed by atoms with E-state index in [4.69, 9.17) is 28.6 Å². The van der Waals surface area contributed by atoms with E-state index in [1.54, 1.807) is 0 Å². The molecule has 2 aromatic rings. The zero-order valence-electron chi connectivity index (χ0n) is 12.9. The lowest BCUT2D eigenvalue weighted by atomic mass is 10.2. The number of halogens is 2. The molecule has 0 bridgehead atoms. The number of aryl methyl sites for hydroxylation is 1. The summed E-state index contributed by atoms with van der Waals surface area (Å²) < 4.78 is 6.66. The Morgan fingerprint density at radius 1 is 1.30 bits per heavy atom. The van der Waals surface area contributed by atoms with Crippen LogP contribution in [0.1, 0.15) is 12.5 Å². The third kappa shape index (κ3) is 5.68. The number of benzene rings is 2. The normalized spacial score (nSPS) is 11.7. The minimum absolute atomic E-state index is 0.0699. The Bertz CT molecular complexity index is 696. The van der Waals surface area contributed by atoms with Crippen molar-refractivity contribution in [3.63, 3.8) is 0 Å². The van der Waals surface area contributed by atoms with Crippen LogP contribution in [0.3, 0.4) is 0 Å². The van der Waals surface area contributed by atoms with Crippen molar-refractivity contribution in [1.29, 1.82) is 0 Å². The Hall–Kier alpha value is -1.30. The monoisotopic (exact) mass is 412 g/mol. The van der Waals surface area contributed by atoms with Gasteiger partial charge in [-0.15, -0.1) is 0 Å². The summed E-state index contributed by atoms with van der Waals surface area (Å²) in [6, 6.07) is 13.6. The summed E-state index contributed by atoms with van der Waals surface area (Å²) in [5.41, 5.74) is 1.95. The number of hydrogen-bond donors (Lipinski definition) is 2. The van der Waals surface area contributed by atoms with E-state index in [2.05, 4.69) is 26.6 Å². The predicted octanol–water partition coefficient (Wildman–Crippen LogP) is 5.16. The summed E-state index contributed by atoms with van der Waals surface area (Å²) in [6.07, 6.45) is 0. The molecule has 2 N–H and O–H groups in total. The van der Waals surface area contributed by atoms with Crippen LogP contribution in [-0.4, -0.2) is 17.8 Å². The largest absolute Gasteiger partial charge is 0.491 e. The van der Waals surface area contributed by atoms with E-state index in [1.807, 2.05) is 56.3 Å². The molecular weight excluding hydrogens is 396 g/mol. The van der Waals surface area contributed by atoms with E-state index in [9.17, 15) is 0 Å². The molecule has 0 aromatic heterocycles. The Balaban J connectivity index is 1.82. The number of anilines is 1. The van der Waals surface area contributed by atoms with Crippen LogP contribution >= 0.6 is 39.7 Å². The summed E-state index contributed by atoms with van der Waals surface area (Å²) >= 11 is 14.7. The first-order valence-electron chi connectivity index (χ1n) is 7.16. The van der Waals surface area contributed by atoms with Gasteiger partial charge in [0.25, 0.3) is 0 Å². The maximum Gasteiger partial charge on any atom is 0.171 e. The molecule has 6 heteroatoms. The van der Waals surface area contributed by atoms with E-state index in [0.717, 1.165) is 21.5 Å². The Morgan fingerprint density at radius 3 is 2.74 bits per heavy atom. The molecule has 2 rings (SSSR count). The van der Waals surface area contributed by atoms with E-state index < -0.39 is 0 Å². The van der Waals surface area contributed by atoms with Crippen molar-refractivity contribution >= 4 is 50.5 Å². The molecule has 0 aliphatic carbocycles. The molecule has 0 radical (unpaired) electrons. The first kappa shape index (κ1) is 18.0. The summed E-state index contributed by atoms with van der Waals surface area (Å²) in [5.74, 6) is 0.889. The lowest BCUT2D eigenvalue weighted by Crippen LogP contribution is -2.39. The van der Waals surface area contributed by atoms with Crippen LogP contribution in [0.4, 0.5) is 5.69 Å². The zero-order chi connectivity index (χ0) is 16.8. The maximum atomic E-state index is 6.06. The molecule has 122 valence electrons. The van der Waals surface area contributed by atoms with Crippen LogP contribution < -0.4 is 15.4 Å². The van der Waals surface area contributed by atoms with Crippen LogP contribution in [0.25, 0.3) is 0 Å². The van der Waals surface area contributed by atoms with Gasteiger partial charge in [0.15, 0.2) is 5.11 Å². The van der Waals surface area contributed by atoms with E-state index >= 15 is 0 Å². The summed E-state index contributed by atoms with van der Waals surface area (Å²) in [7, 11) is 0. The molecule has 1 atom stereocenters. The van der Waals surface area contributed by atoms with Gasteiger partial charge in [-0.05, 0) is 71.8 Å². The van der Waals surface area contributed by atoms with Gasteiger partial charge in [-0.2, -0.15) is 0 Å². The quantitative estimate of drug-likeness (QED) is 0.663. The predicted molar refractivity (Wildman–Crippen MR) is 105 cm³/mol. The fourth-order valence-corrected chi connectivity index (χ4v) is 2.69. The van der Waals surface area contributed by atoms with Crippen molar-refractivity contribution in [3.8, 4) is 5.75 Å². The summed E-state index contributed by atoms with van der Waals surface area (Å²) in [5, 5.41) is 7.47. The fraction of sp³-hybridized carbons (Fsp3) is 0.235. The van der Waals surface area contributed by atoms with Crippen molar-refractivity contribution in [3.05, 3.63) is 57.5 Å². The zero-order valence-corrected chi connectivity index (χ0v) is 16.1. The Kier molecular flexibility index (Phi) is 6.69. The third-order valence-electron chi connectivity index (χ3n) is 3.14. The number of nitrogens with one attached hydrogen (secondary N) is 2. The molecule has 0 saturated carbocycles. The van der Waals surface area contributed by atoms with Crippen molar-refractivity contribution in [2.24, 2.45) is 0 Å². The second-order valence-corrected chi connectivity index (χ2v) is 6.87. The van der Waals surface area contributed by atoms with Gasteiger partial charge in [-0.1, -0.05) is 29.8 Å². The van der Waals surface area contributed by atoms with Crippen molar-refractivity contribution in [2.75, 3.05) is 11.9 Å². The van der Waals surface area contributed by atoms with Crippen LogP contribution in [-0.2, 0) is 0 Å². The molecule has 3 nitrogen and oxygen atoms in total. The van der Waals surface area contributed by atoms with Gasteiger partial charge < -0.3 is 15.4 Å². The lowest BCUT2D eigenvalue weighted by Gasteiger charge is -2.18. The van der Waals surface area contributed by atoms with E-state index in [0.29, 0.717) is 16.7 Å². The van der Waals surface area contributed by atoms with Crippen LogP contribution in [0.2, 0.25) is 5.02 Å². The molecule has 0 spiro atoms. The highest BCUT2D eigenvalue weighted by molar-refractivity contribution is 9.10. The minimum atomic E-state index is 0.0699. The highest BCUT2D eigenvalue weighted by atomic mass is 79.9. The molecule has 23 heavy (non-hydrogen) atoms. The van der Waals surface area contributed by atoms with Gasteiger partial charge in [0, 0.05) is 10.2 Å². The summed E-state index contributed by atoms with van der Waals surface area (Å²) in [4.78, 5) is 0. The molecule has 0 amide bonds. The first-order chi connectivity index (χ1) is 11.0. The molecule has 1 unspecified atom stereocenters. The van der Waals surface area contributed by atoms with Crippen molar-refractivity contribution < 1.29 is 4.74 Å². The first-order valence-corrected chi connectivity index (χ1v) is 8.74. The molecular formula is C17H18BrClN2OS. The van der Waals surface area contributed by atoms with Crippen molar-refractivity contribution in [2.45, 2.75) is 19.9 Å². The van der Waals surface area contributed by atoms with Crippen LogP contribution in [0.5, 0.6) is 5.75 Å². The Morgan fingerprint density at radius 2 is 2.04 bits per heavy atom. The molecule has 0 heterocycles. The van der Waals surface area contributed by atoms with Crippen LogP contribution in [0, 0.1) is 6.92 Å². The average Bonchev–Trinajstić information content (AvgIpc) is 2.50. The highest BCUT2D eigenvalue weighted by Crippen LogP contribution is 2.25. The molecule has 0 saturated heterocycles. The van der Waals surface area contributed by atoms with Crippen molar-refractivity contribution in [1.82, 2.24) is 5.32 Å². The van der Waals surface area contributed by atoms with Gasteiger partial charge in [0.05, 0.1) is 11.1 Å². The fourth-order valence-electron chi connectivity index (χ4n) is 1.94. The maximum absolute atomic E-state index is 6.06. The molecule has 0 aliphatic heterocycles. The second-order valence-electron chi connectivity index (χ2n) is 5.20. The van der Waals surface area contributed by atoms with Gasteiger partial charge in [0.2, 0.25) is 0 Å². The number of thiocarbonyl (C=S) groups is 1.